The molecule has 0 aliphatic heterocycles. The predicted octanol–water partition coefficient (Wildman–Crippen LogP) is 3.10. The number of rotatable bonds is 4. The Morgan fingerprint density at radius 1 is 1.07 bits per heavy atom. The van der Waals surface area contributed by atoms with E-state index in [2.05, 4.69) is 17.1 Å². The molecule has 136 valence electrons. The fraction of sp³-hybridized carbons (Fsp3) is 0.273. The van der Waals surface area contributed by atoms with Crippen LogP contribution in [0.1, 0.15) is 40.8 Å². The summed E-state index contributed by atoms with van der Waals surface area (Å²) in [6, 6.07) is 7.84. The highest BCUT2D eigenvalue weighted by Crippen LogP contribution is 2.33. The van der Waals surface area contributed by atoms with E-state index in [9.17, 15) is 9.90 Å². The van der Waals surface area contributed by atoms with Crippen LogP contribution in [0.5, 0.6) is 0 Å². The molecular weight excluding hydrogens is 338 g/mol. The maximum atomic E-state index is 12.7. The van der Waals surface area contributed by atoms with Gasteiger partial charge in [0.15, 0.2) is 0 Å². The highest BCUT2D eigenvalue weighted by molar-refractivity contribution is 5.96. The molecule has 0 radical (unpaired) electrons. The van der Waals surface area contributed by atoms with Crippen LogP contribution >= 0.6 is 0 Å². The number of hydrogen-bond acceptors (Lipinski definition) is 3. The van der Waals surface area contributed by atoms with Crippen LogP contribution < -0.4 is 5.56 Å². The number of hydrogen-bond donors (Lipinski definition) is 2. The molecular formula is C22H21N3O2. The molecule has 3 aromatic rings. The quantitative estimate of drug-likeness (QED) is 0.752. The van der Waals surface area contributed by atoms with Gasteiger partial charge in [0.25, 0.3) is 5.56 Å². The van der Waals surface area contributed by atoms with Crippen molar-refractivity contribution in [2.45, 2.75) is 38.8 Å². The lowest BCUT2D eigenvalue weighted by Gasteiger charge is -2.16. The number of aliphatic hydroxyl groups is 1. The molecule has 2 heterocycles. The molecule has 0 fully saturated rings. The van der Waals surface area contributed by atoms with E-state index in [-0.39, 0.29) is 12.2 Å². The van der Waals surface area contributed by atoms with Gasteiger partial charge in [-0.05, 0) is 42.4 Å². The summed E-state index contributed by atoms with van der Waals surface area (Å²) in [5.41, 5.74) is 7.01. The van der Waals surface area contributed by atoms with Gasteiger partial charge in [0.05, 0.1) is 13.2 Å². The molecule has 2 aliphatic carbocycles. The topological polar surface area (TPSA) is 70.9 Å². The monoisotopic (exact) mass is 359 g/mol. The molecule has 0 unspecified atom stereocenters. The van der Waals surface area contributed by atoms with Gasteiger partial charge in [0.2, 0.25) is 0 Å². The molecule has 5 rings (SSSR count). The summed E-state index contributed by atoms with van der Waals surface area (Å²) in [6.45, 7) is 0.614. The number of fused-ring (bicyclic) bond motifs is 3. The van der Waals surface area contributed by atoms with Crippen molar-refractivity contribution < 1.29 is 5.11 Å². The zero-order chi connectivity index (χ0) is 18.4. The van der Waals surface area contributed by atoms with Crippen molar-refractivity contribution in [1.82, 2.24) is 14.8 Å². The number of nitrogens with one attached hydrogen (secondary N) is 1. The van der Waals surface area contributed by atoms with Gasteiger partial charge >= 0.3 is 0 Å². The van der Waals surface area contributed by atoms with Crippen LogP contribution in [-0.2, 0) is 26.0 Å². The standard InChI is InChI=1S/C22H21N3O2/c26-13-15-10-8-14(9-11-15)12-25-21-19(20(24-25)16-4-3-5-16)17-6-1-2-7-18(17)22(27)23-21/h3-5,8-11,26H,1-2,6-7,12-13H2,(H,23,27). The summed E-state index contributed by atoms with van der Waals surface area (Å²) in [4.78, 5) is 15.8. The molecule has 2 aromatic heterocycles. The van der Waals surface area contributed by atoms with Gasteiger partial charge in [0, 0.05) is 16.5 Å². The second-order valence-corrected chi connectivity index (χ2v) is 7.30. The molecule has 0 spiro atoms. The number of H-pyrrole nitrogens is 1. The van der Waals surface area contributed by atoms with E-state index in [0.29, 0.717) is 6.54 Å². The zero-order valence-corrected chi connectivity index (χ0v) is 15.0. The molecule has 2 N–H and O–H groups in total. The molecule has 0 saturated heterocycles. The van der Waals surface area contributed by atoms with Crippen molar-refractivity contribution >= 4 is 16.6 Å². The lowest BCUT2D eigenvalue weighted by Crippen LogP contribution is -2.20. The summed E-state index contributed by atoms with van der Waals surface area (Å²) < 4.78 is 1.90. The summed E-state index contributed by atoms with van der Waals surface area (Å²) >= 11 is 0. The molecule has 5 heteroatoms. The van der Waals surface area contributed by atoms with Gasteiger partial charge in [-0.25, -0.2) is 4.68 Å². The third kappa shape index (κ3) is 2.66. The molecule has 2 aliphatic rings. The summed E-state index contributed by atoms with van der Waals surface area (Å²) in [7, 11) is 0. The van der Waals surface area contributed by atoms with Crippen molar-refractivity contribution in [3.05, 3.63) is 80.8 Å². The summed E-state index contributed by atoms with van der Waals surface area (Å²) in [5, 5.41) is 15.2. The van der Waals surface area contributed by atoms with Gasteiger partial charge in [0.1, 0.15) is 11.3 Å². The van der Waals surface area contributed by atoms with Gasteiger partial charge in [-0.1, -0.05) is 42.5 Å². The molecule has 0 bridgehead atoms. The maximum Gasteiger partial charge on any atom is 0.253 e. The average Bonchev–Trinajstić information content (AvgIpc) is 2.99. The van der Waals surface area contributed by atoms with Gasteiger partial charge in [-0.3, -0.25) is 4.79 Å². The average molecular weight is 359 g/mol. The van der Waals surface area contributed by atoms with Gasteiger partial charge in [-0.15, -0.1) is 0 Å². The van der Waals surface area contributed by atoms with Crippen LogP contribution in [0.3, 0.4) is 0 Å². The van der Waals surface area contributed by atoms with E-state index in [1.165, 1.54) is 5.56 Å². The van der Waals surface area contributed by atoms with E-state index in [1.54, 1.807) is 0 Å². The zero-order valence-electron chi connectivity index (χ0n) is 15.0. The highest BCUT2D eigenvalue weighted by atomic mass is 16.3. The third-order valence-electron chi connectivity index (χ3n) is 5.59. The highest BCUT2D eigenvalue weighted by Gasteiger charge is 2.24. The Morgan fingerprint density at radius 3 is 2.44 bits per heavy atom. The summed E-state index contributed by atoms with van der Waals surface area (Å²) in [6.07, 6.45) is 10.1. The second kappa shape index (κ2) is 6.35. The Morgan fingerprint density at radius 2 is 1.78 bits per heavy atom. The van der Waals surface area contributed by atoms with Crippen molar-refractivity contribution in [3.63, 3.8) is 0 Å². The first-order valence-corrected chi connectivity index (χ1v) is 9.46. The van der Waals surface area contributed by atoms with E-state index in [4.69, 9.17) is 5.10 Å². The molecule has 0 atom stereocenters. The predicted molar refractivity (Wildman–Crippen MR) is 106 cm³/mol. The number of pyridine rings is 1. The Balaban J connectivity index is 1.68. The number of allylic oxidation sites excluding steroid dienone is 4. The Labute approximate surface area is 156 Å². The van der Waals surface area contributed by atoms with Crippen molar-refractivity contribution in [1.29, 1.82) is 0 Å². The van der Waals surface area contributed by atoms with E-state index in [1.807, 2.05) is 35.0 Å². The largest absolute Gasteiger partial charge is 0.392 e. The molecule has 0 saturated carbocycles. The van der Waals surface area contributed by atoms with Crippen LogP contribution in [-0.4, -0.2) is 19.9 Å². The van der Waals surface area contributed by atoms with Gasteiger partial charge < -0.3 is 10.1 Å². The molecule has 0 amide bonds. The molecule has 5 nitrogen and oxygen atoms in total. The van der Waals surface area contributed by atoms with E-state index >= 15 is 0 Å². The SMILES string of the molecule is O=c1[nH]c2c(c(C3=CC=C3)nn2Cc2ccc(CO)cc2)c2c1CCCC2. The second-order valence-electron chi connectivity index (χ2n) is 7.30. The van der Waals surface area contributed by atoms with Crippen molar-refractivity contribution in [2.75, 3.05) is 0 Å². The molecule has 27 heavy (non-hydrogen) atoms. The lowest BCUT2D eigenvalue weighted by molar-refractivity contribution is 0.282. The number of nitrogens with zero attached hydrogens (tertiary/aromatic N) is 2. The minimum atomic E-state index is 0.0265. The van der Waals surface area contributed by atoms with Crippen LogP contribution in [0.15, 0.2) is 47.3 Å². The van der Waals surface area contributed by atoms with E-state index in [0.717, 1.165) is 64.7 Å². The smallest absolute Gasteiger partial charge is 0.253 e. The first kappa shape index (κ1) is 16.3. The van der Waals surface area contributed by atoms with Crippen molar-refractivity contribution in [3.8, 4) is 0 Å². The number of aromatic amines is 1. The minimum absolute atomic E-state index is 0.0265. The van der Waals surface area contributed by atoms with E-state index < -0.39 is 0 Å². The Bertz CT molecular complexity index is 1150. The van der Waals surface area contributed by atoms with Crippen LogP contribution in [0.25, 0.3) is 16.6 Å². The Hall–Kier alpha value is -2.92. The first-order chi connectivity index (χ1) is 13.2. The first-order valence-electron chi connectivity index (χ1n) is 9.46. The fourth-order valence-corrected chi connectivity index (χ4v) is 4.08. The number of aryl methyl sites for hydroxylation is 1. The number of benzene rings is 1. The lowest BCUT2D eigenvalue weighted by atomic mass is 9.89. The fourth-order valence-electron chi connectivity index (χ4n) is 4.08. The minimum Gasteiger partial charge on any atom is -0.392 e. The molecule has 1 aromatic carbocycles. The van der Waals surface area contributed by atoms with Gasteiger partial charge in [-0.2, -0.15) is 5.10 Å². The van der Waals surface area contributed by atoms with Crippen molar-refractivity contribution in [2.24, 2.45) is 0 Å². The number of aliphatic hydroxyl groups excluding tert-OH is 1. The number of aromatic nitrogens is 3. The summed E-state index contributed by atoms with van der Waals surface area (Å²) in [5.74, 6) is 0. The normalized spacial score (nSPS) is 15.5. The van der Waals surface area contributed by atoms with Crippen LogP contribution in [0, 0.1) is 0 Å². The van der Waals surface area contributed by atoms with Crippen LogP contribution in [0.2, 0.25) is 0 Å². The van der Waals surface area contributed by atoms with Crippen LogP contribution in [0.4, 0.5) is 0 Å². The Kier molecular flexibility index (Phi) is 3.83. The third-order valence-corrected chi connectivity index (χ3v) is 5.59. The maximum absolute atomic E-state index is 12.7.